The second-order valence-electron chi connectivity index (χ2n) is 11.7. The lowest BCUT2D eigenvalue weighted by atomic mass is 9.92. The number of hydrogen-bond donors (Lipinski definition) is 2. The Morgan fingerprint density at radius 2 is 1.64 bits per heavy atom. The number of anilines is 3. The number of carbonyl (C=O) groups excluding carboxylic acids is 3. The SMILES string of the molecule is Cc1cccc(-n2nc(C(C)(C)C)cc2NC(=O)Nc2ccc(CN3CCC(=O)N(c4ccccc4C)C3=O)cc2)c1. The molecule has 1 fully saturated rings. The monoisotopic (exact) mass is 564 g/mol. The van der Waals surface area contributed by atoms with Gasteiger partial charge in [0.05, 0.1) is 17.1 Å². The third-order valence-electron chi connectivity index (χ3n) is 7.21. The molecule has 1 aliphatic rings. The molecule has 0 bridgehead atoms. The highest BCUT2D eigenvalue weighted by atomic mass is 16.2. The quantitative estimate of drug-likeness (QED) is 0.269. The Balaban J connectivity index is 1.26. The highest BCUT2D eigenvalue weighted by Crippen LogP contribution is 2.28. The van der Waals surface area contributed by atoms with Crippen molar-refractivity contribution in [2.24, 2.45) is 0 Å². The molecule has 0 aliphatic carbocycles. The molecule has 9 nitrogen and oxygen atoms in total. The van der Waals surface area contributed by atoms with E-state index in [4.69, 9.17) is 5.10 Å². The summed E-state index contributed by atoms with van der Waals surface area (Å²) in [4.78, 5) is 41.8. The fraction of sp³-hybridized carbons (Fsp3) is 0.273. The fourth-order valence-corrected chi connectivity index (χ4v) is 4.87. The van der Waals surface area contributed by atoms with Crippen LogP contribution >= 0.6 is 0 Å². The number of aromatic nitrogens is 2. The summed E-state index contributed by atoms with van der Waals surface area (Å²) in [7, 11) is 0. The van der Waals surface area contributed by atoms with Crippen LogP contribution in [-0.2, 0) is 16.8 Å². The van der Waals surface area contributed by atoms with Crippen molar-refractivity contribution in [1.82, 2.24) is 14.7 Å². The molecule has 0 atom stereocenters. The van der Waals surface area contributed by atoms with E-state index in [9.17, 15) is 14.4 Å². The van der Waals surface area contributed by atoms with Crippen molar-refractivity contribution in [2.75, 3.05) is 22.1 Å². The maximum atomic E-state index is 13.2. The van der Waals surface area contributed by atoms with Gasteiger partial charge in [-0.25, -0.2) is 19.2 Å². The summed E-state index contributed by atoms with van der Waals surface area (Å²) in [5.74, 6) is 0.366. The van der Waals surface area contributed by atoms with Crippen molar-refractivity contribution in [2.45, 2.75) is 53.0 Å². The predicted molar refractivity (Wildman–Crippen MR) is 165 cm³/mol. The van der Waals surface area contributed by atoms with Crippen LogP contribution in [0.2, 0.25) is 0 Å². The number of nitrogens with zero attached hydrogens (tertiary/aromatic N) is 4. The van der Waals surface area contributed by atoms with E-state index in [0.29, 0.717) is 30.3 Å². The molecule has 0 spiro atoms. The molecule has 0 unspecified atom stereocenters. The average molecular weight is 565 g/mol. The van der Waals surface area contributed by atoms with Crippen LogP contribution in [0.3, 0.4) is 0 Å². The van der Waals surface area contributed by atoms with E-state index < -0.39 is 6.03 Å². The number of urea groups is 2. The molecule has 5 amide bonds. The Morgan fingerprint density at radius 1 is 0.905 bits per heavy atom. The van der Waals surface area contributed by atoms with Gasteiger partial charge in [0.2, 0.25) is 5.91 Å². The van der Waals surface area contributed by atoms with Crippen LogP contribution in [0.4, 0.5) is 26.8 Å². The molecule has 9 heteroatoms. The molecule has 2 N–H and O–H groups in total. The smallest absolute Gasteiger partial charge is 0.319 e. The molecule has 1 aliphatic heterocycles. The van der Waals surface area contributed by atoms with Crippen LogP contribution < -0.4 is 15.5 Å². The van der Waals surface area contributed by atoms with E-state index in [1.165, 1.54) is 4.90 Å². The van der Waals surface area contributed by atoms with E-state index in [1.54, 1.807) is 27.8 Å². The van der Waals surface area contributed by atoms with Crippen LogP contribution in [0.25, 0.3) is 5.69 Å². The number of imide groups is 1. The topological polar surface area (TPSA) is 99.6 Å². The third kappa shape index (κ3) is 6.20. The Hall–Kier alpha value is -4.92. The summed E-state index contributed by atoms with van der Waals surface area (Å²) in [5, 5.41) is 10.6. The van der Waals surface area contributed by atoms with Crippen molar-refractivity contribution in [3.63, 3.8) is 0 Å². The van der Waals surface area contributed by atoms with Gasteiger partial charge in [-0.2, -0.15) is 5.10 Å². The van der Waals surface area contributed by atoms with Crippen LogP contribution in [0.1, 0.15) is 49.6 Å². The van der Waals surface area contributed by atoms with Gasteiger partial charge in [-0.15, -0.1) is 0 Å². The van der Waals surface area contributed by atoms with E-state index in [2.05, 4.69) is 31.4 Å². The molecule has 1 saturated heterocycles. The van der Waals surface area contributed by atoms with Crippen LogP contribution in [-0.4, -0.2) is 39.2 Å². The number of nitrogens with one attached hydrogen (secondary N) is 2. The summed E-state index contributed by atoms with van der Waals surface area (Å²) >= 11 is 0. The minimum Gasteiger partial charge on any atom is -0.319 e. The first-order chi connectivity index (χ1) is 20.0. The van der Waals surface area contributed by atoms with Gasteiger partial charge in [-0.3, -0.25) is 10.1 Å². The van der Waals surface area contributed by atoms with E-state index in [-0.39, 0.29) is 23.8 Å². The van der Waals surface area contributed by atoms with E-state index in [0.717, 1.165) is 28.1 Å². The molecule has 0 radical (unpaired) electrons. The van der Waals surface area contributed by atoms with Crippen LogP contribution in [0.15, 0.2) is 78.9 Å². The Bertz CT molecular complexity index is 1630. The molecule has 1 aromatic heterocycles. The lowest BCUT2D eigenvalue weighted by Crippen LogP contribution is -2.52. The van der Waals surface area contributed by atoms with Gasteiger partial charge in [0.1, 0.15) is 5.82 Å². The lowest BCUT2D eigenvalue weighted by Gasteiger charge is -2.34. The first-order valence-electron chi connectivity index (χ1n) is 14.0. The molecular formula is C33H36N6O3. The molecule has 0 saturated carbocycles. The maximum absolute atomic E-state index is 13.2. The van der Waals surface area contributed by atoms with Crippen molar-refractivity contribution < 1.29 is 14.4 Å². The maximum Gasteiger partial charge on any atom is 0.331 e. The Morgan fingerprint density at radius 3 is 2.33 bits per heavy atom. The van der Waals surface area contributed by atoms with Gasteiger partial charge >= 0.3 is 12.1 Å². The van der Waals surface area contributed by atoms with Crippen molar-refractivity contribution in [1.29, 1.82) is 0 Å². The largest absolute Gasteiger partial charge is 0.331 e. The van der Waals surface area contributed by atoms with E-state index in [1.807, 2.05) is 74.5 Å². The number of hydrogen-bond acceptors (Lipinski definition) is 4. The first-order valence-corrected chi connectivity index (χ1v) is 14.0. The molecule has 3 aromatic carbocycles. The number of rotatable bonds is 6. The lowest BCUT2D eigenvalue weighted by molar-refractivity contribution is -0.119. The molecular weight excluding hydrogens is 528 g/mol. The van der Waals surface area contributed by atoms with Gasteiger partial charge in [-0.05, 0) is 60.9 Å². The van der Waals surface area contributed by atoms with Crippen molar-refractivity contribution in [3.05, 3.63) is 101 Å². The van der Waals surface area contributed by atoms with Crippen LogP contribution in [0.5, 0.6) is 0 Å². The Labute approximate surface area is 246 Å². The van der Waals surface area contributed by atoms with Crippen LogP contribution in [0, 0.1) is 13.8 Å². The number of aryl methyl sites for hydroxylation is 2. The van der Waals surface area contributed by atoms with Gasteiger partial charge < -0.3 is 10.2 Å². The summed E-state index contributed by atoms with van der Waals surface area (Å²) in [6.07, 6.45) is 0.260. The highest BCUT2D eigenvalue weighted by molar-refractivity contribution is 6.16. The summed E-state index contributed by atoms with van der Waals surface area (Å²) in [5.41, 5.74) is 5.59. The van der Waals surface area contributed by atoms with Gasteiger partial charge in [0.15, 0.2) is 0 Å². The fourth-order valence-electron chi connectivity index (χ4n) is 4.87. The number of amides is 5. The van der Waals surface area contributed by atoms with E-state index >= 15 is 0 Å². The number of para-hydroxylation sites is 1. The predicted octanol–water partition coefficient (Wildman–Crippen LogP) is 6.79. The minimum absolute atomic E-state index is 0.197. The standard InChI is InChI=1S/C33H36N6O3/c1-22-9-8-11-26(19-22)39-29(20-28(36-39)33(3,4)5)35-31(41)34-25-15-13-24(14-16-25)21-37-18-17-30(40)38(32(37)42)27-12-7-6-10-23(27)2/h6-16,19-20H,17-18,21H2,1-5H3,(H2,34,35,41). The normalized spacial score (nSPS) is 13.8. The zero-order chi connectivity index (χ0) is 30.0. The second-order valence-corrected chi connectivity index (χ2v) is 11.7. The van der Waals surface area contributed by atoms with Gasteiger partial charge in [-0.1, -0.05) is 63.2 Å². The van der Waals surface area contributed by atoms with Gasteiger partial charge in [0.25, 0.3) is 0 Å². The first kappa shape index (κ1) is 28.6. The second kappa shape index (κ2) is 11.5. The number of benzene rings is 3. The van der Waals surface area contributed by atoms with Gasteiger partial charge in [0, 0.05) is 36.7 Å². The minimum atomic E-state index is -0.393. The van der Waals surface area contributed by atoms with Crippen molar-refractivity contribution in [3.8, 4) is 5.69 Å². The molecule has 216 valence electrons. The zero-order valence-electron chi connectivity index (χ0n) is 24.6. The summed E-state index contributed by atoms with van der Waals surface area (Å²) in [6, 6.07) is 23.8. The molecule has 42 heavy (non-hydrogen) atoms. The molecule has 5 rings (SSSR count). The molecule has 4 aromatic rings. The third-order valence-corrected chi connectivity index (χ3v) is 7.21. The number of carbonyl (C=O) groups is 3. The molecule has 2 heterocycles. The summed E-state index contributed by atoms with van der Waals surface area (Å²) < 4.78 is 1.75. The van der Waals surface area contributed by atoms with Crippen molar-refractivity contribution >= 4 is 35.2 Å². The Kier molecular flexibility index (Phi) is 7.85. The highest BCUT2D eigenvalue weighted by Gasteiger charge is 2.33. The average Bonchev–Trinajstić information content (AvgIpc) is 3.37. The zero-order valence-corrected chi connectivity index (χ0v) is 24.6. The summed E-state index contributed by atoms with van der Waals surface area (Å²) in [6.45, 7) is 10.9.